The van der Waals surface area contributed by atoms with Crippen molar-refractivity contribution < 1.29 is 29.0 Å². The molecule has 7 heteroatoms. The molecule has 1 heterocycles. The summed E-state index contributed by atoms with van der Waals surface area (Å²) in [6.45, 7) is 1.76. The van der Waals surface area contributed by atoms with Gasteiger partial charge >= 0.3 is 11.9 Å². The molecule has 2 aromatic rings. The number of benzene rings is 2. The molecular weight excluding hydrogens is 362 g/mol. The number of ether oxygens (including phenoxy) is 2. The van der Waals surface area contributed by atoms with E-state index in [9.17, 15) is 14.4 Å². The van der Waals surface area contributed by atoms with Crippen LogP contribution in [0.3, 0.4) is 0 Å². The highest BCUT2D eigenvalue weighted by Gasteiger charge is 2.36. The Hall–Kier alpha value is -3.87. The molecule has 7 nitrogen and oxygen atoms in total. The van der Waals surface area contributed by atoms with Gasteiger partial charge in [0.2, 0.25) is 11.7 Å². The second kappa shape index (κ2) is 8.22. The Morgan fingerprint density at radius 1 is 1.11 bits per heavy atom. The minimum Gasteiger partial charge on any atom is -0.478 e. The van der Waals surface area contributed by atoms with Gasteiger partial charge < -0.3 is 19.9 Å². The number of carboxylic acids is 1. The molecule has 0 aliphatic carbocycles. The number of allylic oxidation sites excluding steroid dienone is 1. The molecule has 3 rings (SSSR count). The minimum absolute atomic E-state index is 0.0111. The van der Waals surface area contributed by atoms with Crippen molar-refractivity contribution in [3.63, 3.8) is 0 Å². The van der Waals surface area contributed by atoms with Gasteiger partial charge in [0.25, 0.3) is 0 Å². The highest BCUT2D eigenvalue weighted by molar-refractivity contribution is 6.26. The summed E-state index contributed by atoms with van der Waals surface area (Å²) in [4.78, 5) is 35.9. The van der Waals surface area contributed by atoms with E-state index in [0.717, 1.165) is 0 Å². The van der Waals surface area contributed by atoms with Gasteiger partial charge in [-0.3, -0.25) is 4.79 Å². The van der Waals surface area contributed by atoms with Crippen LogP contribution in [0, 0.1) is 0 Å². The lowest BCUT2D eigenvalue weighted by molar-refractivity contribution is -0.139. The van der Waals surface area contributed by atoms with Gasteiger partial charge in [0.15, 0.2) is 11.3 Å². The number of carboxylic acid groups (broad SMARTS) is 1. The predicted molar refractivity (Wildman–Crippen MR) is 101 cm³/mol. The lowest BCUT2D eigenvalue weighted by Gasteiger charge is -2.08. The van der Waals surface area contributed by atoms with E-state index in [4.69, 9.17) is 14.6 Å². The molecule has 0 atom stereocenters. The zero-order valence-electron chi connectivity index (χ0n) is 15.0. The molecule has 0 aromatic heterocycles. The molecule has 0 fully saturated rings. The fourth-order valence-electron chi connectivity index (χ4n) is 2.53. The van der Waals surface area contributed by atoms with Crippen molar-refractivity contribution in [3.8, 4) is 0 Å². The van der Waals surface area contributed by atoms with Gasteiger partial charge in [-0.05, 0) is 42.8 Å². The number of Topliss-reactive ketones (excluding diaryl/α,β-unsaturated/α-hetero) is 1. The van der Waals surface area contributed by atoms with Crippen LogP contribution in [0.25, 0.3) is 6.08 Å². The maximum Gasteiger partial charge on any atom is 0.347 e. The lowest BCUT2D eigenvalue weighted by Crippen LogP contribution is -2.16. The van der Waals surface area contributed by atoms with Crippen molar-refractivity contribution in [3.05, 3.63) is 82.9 Å². The Morgan fingerprint density at radius 2 is 1.79 bits per heavy atom. The highest BCUT2D eigenvalue weighted by Crippen LogP contribution is 2.28. The van der Waals surface area contributed by atoms with Crippen molar-refractivity contribution in [2.45, 2.75) is 6.92 Å². The number of hydrogen-bond acceptors (Lipinski definition) is 6. The van der Waals surface area contributed by atoms with Crippen LogP contribution in [-0.2, 0) is 19.1 Å². The molecule has 28 heavy (non-hydrogen) atoms. The third-order valence-corrected chi connectivity index (χ3v) is 3.86. The van der Waals surface area contributed by atoms with Crippen LogP contribution in [0.4, 0.5) is 5.69 Å². The van der Waals surface area contributed by atoms with Crippen LogP contribution >= 0.6 is 0 Å². The van der Waals surface area contributed by atoms with E-state index in [1.54, 1.807) is 43.3 Å². The normalized spacial score (nSPS) is 14.8. The van der Waals surface area contributed by atoms with Gasteiger partial charge in [-0.15, -0.1) is 0 Å². The average molecular weight is 379 g/mol. The summed E-state index contributed by atoms with van der Waals surface area (Å²) in [5.41, 5.74) is 1.09. The van der Waals surface area contributed by atoms with E-state index in [0.29, 0.717) is 11.3 Å². The fraction of sp³-hybridized carbons (Fsp3) is 0.0952. The molecule has 0 unspecified atom stereocenters. The fourth-order valence-corrected chi connectivity index (χ4v) is 2.53. The summed E-state index contributed by atoms with van der Waals surface area (Å²) >= 11 is 0. The Kier molecular flexibility index (Phi) is 5.55. The van der Waals surface area contributed by atoms with Crippen molar-refractivity contribution in [1.82, 2.24) is 0 Å². The van der Waals surface area contributed by atoms with E-state index in [1.165, 1.54) is 18.2 Å². The molecular formula is C21H17NO6. The predicted octanol–water partition coefficient (Wildman–Crippen LogP) is 3.21. The number of esters is 1. The molecule has 1 aliphatic heterocycles. The van der Waals surface area contributed by atoms with Gasteiger partial charge in [0.1, 0.15) is 0 Å². The third-order valence-electron chi connectivity index (χ3n) is 3.86. The number of ketones is 1. The SMILES string of the molecule is CCOC(=O)C1=C(Nc2ccccc2)O/C(=C/c2ccc(C(=O)O)cc2)C1=O. The highest BCUT2D eigenvalue weighted by atomic mass is 16.5. The maximum absolute atomic E-state index is 12.7. The molecule has 1 aliphatic rings. The first-order valence-electron chi connectivity index (χ1n) is 8.50. The van der Waals surface area contributed by atoms with Gasteiger partial charge in [-0.25, -0.2) is 9.59 Å². The summed E-state index contributed by atoms with van der Waals surface area (Å²) in [5.74, 6) is -2.52. The number of nitrogens with one attached hydrogen (secondary N) is 1. The Morgan fingerprint density at radius 3 is 2.39 bits per heavy atom. The number of hydrogen-bond donors (Lipinski definition) is 2. The monoisotopic (exact) mass is 379 g/mol. The van der Waals surface area contributed by atoms with Crippen LogP contribution in [0.5, 0.6) is 0 Å². The van der Waals surface area contributed by atoms with E-state index >= 15 is 0 Å². The second-order valence-electron chi connectivity index (χ2n) is 5.78. The van der Waals surface area contributed by atoms with Crippen LogP contribution in [0.1, 0.15) is 22.8 Å². The maximum atomic E-state index is 12.7. The standard InChI is InChI=1S/C21H17NO6/c1-2-27-21(26)17-18(23)16(12-13-8-10-14(11-9-13)20(24)25)28-19(17)22-15-6-4-3-5-7-15/h3-12,22H,2H2,1H3,(H,24,25)/b16-12+. The second-order valence-corrected chi connectivity index (χ2v) is 5.78. The molecule has 0 saturated carbocycles. The van der Waals surface area contributed by atoms with Gasteiger partial charge in [0, 0.05) is 5.69 Å². The van der Waals surface area contributed by atoms with Gasteiger partial charge in [-0.1, -0.05) is 30.3 Å². The van der Waals surface area contributed by atoms with Crippen molar-refractivity contribution >= 4 is 29.5 Å². The molecule has 0 saturated heterocycles. The first kappa shape index (κ1) is 18.9. The van der Waals surface area contributed by atoms with Crippen molar-refractivity contribution in [1.29, 1.82) is 0 Å². The van der Waals surface area contributed by atoms with E-state index < -0.39 is 17.7 Å². The third kappa shape index (κ3) is 4.09. The number of anilines is 1. The molecule has 0 radical (unpaired) electrons. The Bertz CT molecular complexity index is 974. The topological polar surface area (TPSA) is 102 Å². The zero-order valence-corrected chi connectivity index (χ0v) is 15.0. The lowest BCUT2D eigenvalue weighted by atomic mass is 10.1. The van der Waals surface area contributed by atoms with Gasteiger partial charge in [-0.2, -0.15) is 0 Å². The molecule has 2 aromatic carbocycles. The molecule has 0 spiro atoms. The van der Waals surface area contributed by atoms with Gasteiger partial charge in [0.05, 0.1) is 12.2 Å². The summed E-state index contributed by atoms with van der Waals surface area (Å²) in [7, 11) is 0. The number of rotatable bonds is 6. The smallest absolute Gasteiger partial charge is 0.347 e. The quantitative estimate of drug-likeness (QED) is 0.451. The Balaban J connectivity index is 1.91. The van der Waals surface area contributed by atoms with E-state index in [1.807, 2.05) is 6.07 Å². The Labute approximate surface area is 160 Å². The van der Waals surface area contributed by atoms with Crippen molar-refractivity contribution in [2.75, 3.05) is 11.9 Å². The first-order valence-corrected chi connectivity index (χ1v) is 8.50. The van der Waals surface area contributed by atoms with E-state index in [-0.39, 0.29) is 29.4 Å². The number of para-hydroxylation sites is 1. The van der Waals surface area contributed by atoms with E-state index in [2.05, 4.69) is 5.32 Å². The molecule has 142 valence electrons. The average Bonchev–Trinajstić information content (AvgIpc) is 2.98. The van der Waals surface area contributed by atoms with Crippen LogP contribution in [0.15, 0.2) is 71.8 Å². The number of aromatic carboxylic acids is 1. The van der Waals surface area contributed by atoms with Crippen molar-refractivity contribution in [2.24, 2.45) is 0 Å². The minimum atomic E-state index is -1.05. The number of carbonyl (C=O) groups excluding carboxylic acids is 2. The summed E-state index contributed by atoms with van der Waals surface area (Å²) in [6, 6.07) is 14.9. The summed E-state index contributed by atoms with van der Waals surface area (Å²) in [5, 5.41) is 11.9. The summed E-state index contributed by atoms with van der Waals surface area (Å²) < 4.78 is 10.6. The molecule has 0 bridgehead atoms. The van der Waals surface area contributed by atoms with Crippen LogP contribution in [-0.4, -0.2) is 29.4 Å². The molecule has 0 amide bonds. The summed E-state index contributed by atoms with van der Waals surface area (Å²) in [6.07, 6.45) is 1.44. The van der Waals surface area contributed by atoms with Crippen LogP contribution in [0.2, 0.25) is 0 Å². The zero-order chi connectivity index (χ0) is 20.1. The number of carbonyl (C=O) groups is 3. The largest absolute Gasteiger partial charge is 0.478 e. The molecule has 2 N–H and O–H groups in total. The first-order chi connectivity index (χ1) is 13.5. The van der Waals surface area contributed by atoms with Crippen LogP contribution < -0.4 is 5.32 Å².